The molecule has 79 heavy (non-hydrogen) atoms. The Morgan fingerprint density at radius 3 is 1.51 bits per heavy atom. The van der Waals surface area contributed by atoms with Gasteiger partial charge in [0.05, 0.1) is 35.3 Å². The molecule has 414 valence electrons. The summed E-state index contributed by atoms with van der Waals surface area (Å²) < 4.78 is 72.1. The summed E-state index contributed by atoms with van der Waals surface area (Å²) in [6.45, 7) is 14.9. The van der Waals surface area contributed by atoms with Crippen molar-refractivity contribution in [1.29, 1.82) is 0 Å². The lowest BCUT2D eigenvalue weighted by atomic mass is 9.97. The highest BCUT2D eigenvalue weighted by molar-refractivity contribution is 7.84. The summed E-state index contributed by atoms with van der Waals surface area (Å²) in [5.74, 6) is -3.73. The van der Waals surface area contributed by atoms with Gasteiger partial charge >= 0.3 is 12.1 Å². The number of para-hydroxylation sites is 2. The molecule has 10 rings (SSSR count). The Morgan fingerprint density at radius 2 is 1.06 bits per heavy atom. The summed E-state index contributed by atoms with van der Waals surface area (Å²) in [6, 6.07) is 16.1. The second kappa shape index (κ2) is 23.6. The van der Waals surface area contributed by atoms with Gasteiger partial charge in [-0.05, 0) is 140 Å². The number of likely N-dealkylation sites (tertiary alicyclic amines) is 1. The van der Waals surface area contributed by atoms with Gasteiger partial charge in [0.15, 0.2) is 11.6 Å². The number of benzene rings is 4. The van der Waals surface area contributed by atoms with Crippen LogP contribution in [0.2, 0.25) is 0 Å². The summed E-state index contributed by atoms with van der Waals surface area (Å²) in [5.41, 5.74) is 4.29. The third kappa shape index (κ3) is 11.8. The zero-order valence-corrected chi connectivity index (χ0v) is 45.8. The molecule has 1 atom stereocenters. The molecule has 0 bridgehead atoms. The third-order valence-electron chi connectivity index (χ3n) is 14.2. The SMILES string of the molecule is Cc1ccc(C(=O)NC(C)C)cc1-c1nc(N2CCC(N3CCCCC3)CC2)nc2c1CNC(=O)N2c1c(F)cccc1F.Cc1ccc(C(=O)NC(C)C)cc1-c1nc(S(C)=O)nc2c1CNC(=O)N2c1c(F)cccc1F. The van der Waals surface area contributed by atoms with Crippen LogP contribution >= 0.6 is 0 Å². The van der Waals surface area contributed by atoms with Crippen LogP contribution in [0.5, 0.6) is 0 Å². The number of halogens is 4. The highest BCUT2D eigenvalue weighted by Crippen LogP contribution is 2.42. The molecule has 0 radical (unpaired) electrons. The van der Waals surface area contributed by atoms with Gasteiger partial charge in [0.25, 0.3) is 11.8 Å². The number of hydrogen-bond donors (Lipinski definition) is 4. The monoisotopic (exact) mass is 1100 g/mol. The van der Waals surface area contributed by atoms with Crippen LogP contribution in [-0.4, -0.2) is 103 Å². The molecule has 4 aliphatic heterocycles. The standard InChI is InChI=1S/C33H39F2N7O2.C24H23F2N5O3S/c1-20(2)37-31(43)22-11-10-21(3)24(18-22)28-25-19-36-33(44)42(29-26(34)8-7-9-27(29)35)30(25)39-32(38-28)41-16-12-23(13-17-41)40-14-5-4-6-15-40;1-12(2)28-22(32)14-9-8-13(3)15(10-14)19-16-11-27-24(33)31(20-17(25)6-5-7-18(20)26)21(16)30-23(29-19)35(4)34/h7-11,18,20,23H,4-6,12-17,19H2,1-3H3,(H,36,44)(H,37,43);5-10,12H,11H2,1-4H3,(H,27,33)(H,28,32). The topological polar surface area (TPSA) is 198 Å². The molecule has 0 aliphatic carbocycles. The van der Waals surface area contributed by atoms with Crippen molar-refractivity contribution in [2.24, 2.45) is 0 Å². The molecule has 4 aromatic carbocycles. The van der Waals surface area contributed by atoms with Gasteiger partial charge in [0, 0.05) is 70.9 Å². The number of fused-ring (bicyclic) bond motifs is 2. The van der Waals surface area contributed by atoms with Crippen LogP contribution in [0, 0.1) is 37.1 Å². The van der Waals surface area contributed by atoms with Crippen LogP contribution in [0.1, 0.15) is 103 Å². The average molecular weight is 1100 g/mol. The molecule has 6 aromatic rings. The van der Waals surface area contributed by atoms with Crippen molar-refractivity contribution in [2.75, 3.05) is 47.1 Å². The number of carbonyl (C=O) groups is 4. The molecule has 6 heterocycles. The zero-order chi connectivity index (χ0) is 56.4. The van der Waals surface area contributed by atoms with Gasteiger partial charge in [-0.15, -0.1) is 0 Å². The first-order valence-corrected chi connectivity index (χ1v) is 27.9. The maximum Gasteiger partial charge on any atom is 0.328 e. The summed E-state index contributed by atoms with van der Waals surface area (Å²) in [4.78, 5) is 76.7. The Hall–Kier alpha value is -7.85. The number of amides is 6. The summed E-state index contributed by atoms with van der Waals surface area (Å²) in [5, 5.41) is 11.0. The van der Waals surface area contributed by atoms with Gasteiger partial charge in [-0.3, -0.25) is 13.8 Å². The number of urea groups is 2. The Labute approximate surface area is 458 Å². The number of anilines is 5. The van der Waals surface area contributed by atoms with E-state index >= 15 is 8.78 Å². The van der Waals surface area contributed by atoms with E-state index in [-0.39, 0.29) is 53.8 Å². The highest BCUT2D eigenvalue weighted by atomic mass is 32.2. The van der Waals surface area contributed by atoms with Crippen LogP contribution in [0.4, 0.5) is 56.1 Å². The van der Waals surface area contributed by atoms with E-state index in [9.17, 15) is 32.2 Å². The molecule has 2 fully saturated rings. The fourth-order valence-corrected chi connectivity index (χ4v) is 10.7. The molecule has 0 saturated carbocycles. The molecule has 4 N–H and O–H groups in total. The maximum atomic E-state index is 15.1. The van der Waals surface area contributed by atoms with E-state index in [1.165, 1.54) is 37.7 Å². The molecular weight excluding hydrogens is 1040 g/mol. The Morgan fingerprint density at radius 1 is 0.620 bits per heavy atom. The predicted octanol–water partition coefficient (Wildman–Crippen LogP) is 9.65. The number of aromatic nitrogens is 4. The number of carbonyl (C=O) groups excluding carboxylic acids is 4. The lowest BCUT2D eigenvalue weighted by Crippen LogP contribution is -2.47. The first kappa shape index (κ1) is 55.9. The van der Waals surface area contributed by atoms with Crippen LogP contribution in [0.3, 0.4) is 0 Å². The molecule has 4 aliphatic rings. The summed E-state index contributed by atoms with van der Waals surface area (Å²) in [6.07, 6.45) is 7.01. The van der Waals surface area contributed by atoms with E-state index in [0.29, 0.717) is 56.8 Å². The van der Waals surface area contributed by atoms with Gasteiger partial charge in [-0.1, -0.05) is 30.7 Å². The van der Waals surface area contributed by atoms with Crippen molar-refractivity contribution in [3.05, 3.63) is 129 Å². The molecule has 17 nitrogen and oxygen atoms in total. The van der Waals surface area contributed by atoms with E-state index in [0.717, 1.165) is 84.2 Å². The molecule has 0 spiro atoms. The van der Waals surface area contributed by atoms with Crippen molar-refractivity contribution in [3.8, 4) is 22.5 Å². The van der Waals surface area contributed by atoms with Crippen molar-refractivity contribution in [1.82, 2.24) is 46.1 Å². The van der Waals surface area contributed by atoms with E-state index in [1.807, 2.05) is 47.6 Å². The number of nitrogens with one attached hydrogen (secondary N) is 4. The number of nitrogens with zero attached hydrogens (tertiary/aromatic N) is 8. The van der Waals surface area contributed by atoms with Crippen LogP contribution < -0.4 is 36.0 Å². The van der Waals surface area contributed by atoms with Crippen molar-refractivity contribution in [2.45, 2.75) is 110 Å². The Bertz CT molecular complexity index is 3350. The molecule has 2 saturated heterocycles. The molecule has 6 amide bonds. The van der Waals surface area contributed by atoms with Gasteiger partial charge in [0.2, 0.25) is 11.1 Å². The lowest BCUT2D eigenvalue weighted by Gasteiger charge is -2.40. The second-order valence-corrected chi connectivity index (χ2v) is 21.8. The van der Waals surface area contributed by atoms with Crippen molar-refractivity contribution >= 4 is 63.6 Å². The summed E-state index contributed by atoms with van der Waals surface area (Å²) >= 11 is 0. The third-order valence-corrected chi connectivity index (χ3v) is 14.9. The molecule has 2 aromatic heterocycles. The van der Waals surface area contributed by atoms with Crippen LogP contribution in [0.25, 0.3) is 22.5 Å². The molecule has 1 unspecified atom stereocenters. The van der Waals surface area contributed by atoms with Crippen molar-refractivity contribution < 1.29 is 40.9 Å². The first-order chi connectivity index (χ1) is 37.8. The number of hydrogen-bond acceptors (Lipinski definition) is 11. The largest absolute Gasteiger partial charge is 0.350 e. The van der Waals surface area contributed by atoms with Gasteiger partial charge in [0.1, 0.15) is 34.6 Å². The van der Waals surface area contributed by atoms with E-state index in [1.54, 1.807) is 30.3 Å². The number of piperidine rings is 2. The average Bonchev–Trinajstić information content (AvgIpc) is 3.60. The Balaban J connectivity index is 0.000000197. The number of aryl methyl sites for hydroxylation is 2. The summed E-state index contributed by atoms with van der Waals surface area (Å²) in [7, 11) is -1.68. The van der Waals surface area contributed by atoms with E-state index < -0.39 is 57.5 Å². The highest BCUT2D eigenvalue weighted by Gasteiger charge is 2.38. The fraction of sp³-hybridized carbons (Fsp3) is 0.368. The minimum absolute atomic E-state index is 0.0332. The first-order valence-electron chi connectivity index (χ1n) is 26.3. The quantitative estimate of drug-likeness (QED) is 0.0712. The van der Waals surface area contributed by atoms with Gasteiger partial charge in [-0.2, -0.15) is 4.98 Å². The van der Waals surface area contributed by atoms with Gasteiger partial charge in [-0.25, -0.2) is 51.9 Å². The van der Waals surface area contributed by atoms with Crippen LogP contribution in [-0.2, 0) is 23.9 Å². The van der Waals surface area contributed by atoms with E-state index in [4.69, 9.17) is 9.97 Å². The predicted molar refractivity (Wildman–Crippen MR) is 294 cm³/mol. The molecule has 22 heteroatoms. The maximum absolute atomic E-state index is 15.1. The fourth-order valence-electron chi connectivity index (χ4n) is 10.3. The van der Waals surface area contributed by atoms with Gasteiger partial charge < -0.3 is 31.1 Å². The van der Waals surface area contributed by atoms with Crippen LogP contribution in [0.15, 0.2) is 78.0 Å². The lowest BCUT2D eigenvalue weighted by molar-refractivity contribution is 0.0934. The number of rotatable bonds is 11. The second-order valence-electron chi connectivity index (χ2n) is 20.5. The van der Waals surface area contributed by atoms with E-state index in [2.05, 4.69) is 41.0 Å². The normalized spacial score (nSPS) is 16.1. The van der Waals surface area contributed by atoms with Crippen molar-refractivity contribution in [3.63, 3.8) is 0 Å². The smallest absolute Gasteiger partial charge is 0.328 e. The zero-order valence-electron chi connectivity index (χ0n) is 45.0. The molecular formula is C57H62F4N12O5S. The minimum Gasteiger partial charge on any atom is -0.350 e. The minimum atomic E-state index is -1.68. The Kier molecular flexibility index (Phi) is 16.7.